The number of nitrogens with zero attached hydrogens (tertiary/aromatic N) is 2. The number of phosphoric acid groups is 3. The maximum Gasteiger partial charge on any atom is 0.490 e. The molecule has 5 atom stereocenters. The molecule has 17 nitrogen and oxygen atoms in total. The number of anilines is 1. The zero-order chi connectivity index (χ0) is 24.3. The van der Waals surface area contributed by atoms with Crippen molar-refractivity contribution in [3.63, 3.8) is 0 Å². The first-order valence-corrected chi connectivity index (χ1v) is 13.0. The van der Waals surface area contributed by atoms with Gasteiger partial charge in [0.2, 0.25) is 0 Å². The number of hydrogen-bond acceptors (Lipinski definition) is 12. The first-order valence-electron chi connectivity index (χ1n) is 8.49. The minimum Gasteiger partial charge on any atom is -0.390 e. The lowest BCUT2D eigenvalue weighted by Crippen LogP contribution is -2.29. The number of phosphoric ester groups is 1. The SMILES string of the molecule is NCC=Cc1cn(C2CC(O)C(COP(=O)(O)OP(=O)(O)OP(=O)(O)O)O2)c(=O)nc1N. The zero-order valence-corrected chi connectivity index (χ0v) is 18.7. The van der Waals surface area contributed by atoms with E-state index in [2.05, 4.69) is 18.1 Å². The van der Waals surface area contributed by atoms with E-state index in [-0.39, 0.29) is 18.8 Å². The van der Waals surface area contributed by atoms with Gasteiger partial charge in [-0.05, 0) is 0 Å². The third kappa shape index (κ3) is 7.93. The van der Waals surface area contributed by atoms with Crippen molar-refractivity contribution in [3.05, 3.63) is 28.3 Å². The van der Waals surface area contributed by atoms with Gasteiger partial charge in [0.05, 0.1) is 12.7 Å². The molecular formula is C12H21N4O13P3. The highest BCUT2D eigenvalue weighted by Crippen LogP contribution is 2.66. The van der Waals surface area contributed by atoms with Gasteiger partial charge in [-0.25, -0.2) is 18.5 Å². The van der Waals surface area contributed by atoms with E-state index in [9.17, 15) is 28.5 Å². The second kappa shape index (κ2) is 10.3. The van der Waals surface area contributed by atoms with Gasteiger partial charge in [-0.15, -0.1) is 0 Å². The molecule has 1 aromatic rings. The summed E-state index contributed by atoms with van der Waals surface area (Å²) in [7, 11) is -16.6. The third-order valence-electron chi connectivity index (χ3n) is 3.78. The van der Waals surface area contributed by atoms with Gasteiger partial charge >= 0.3 is 29.2 Å². The maximum absolute atomic E-state index is 12.1. The van der Waals surface area contributed by atoms with Gasteiger partial charge in [0.15, 0.2) is 0 Å². The Morgan fingerprint density at radius 2 is 1.88 bits per heavy atom. The van der Waals surface area contributed by atoms with Gasteiger partial charge in [0, 0.05) is 24.7 Å². The van der Waals surface area contributed by atoms with Crippen LogP contribution in [0.3, 0.4) is 0 Å². The molecule has 2 rings (SSSR count). The molecule has 20 heteroatoms. The second-order valence-corrected chi connectivity index (χ2v) is 10.6. The van der Waals surface area contributed by atoms with Crippen molar-refractivity contribution in [2.45, 2.75) is 24.9 Å². The van der Waals surface area contributed by atoms with E-state index in [0.29, 0.717) is 5.56 Å². The summed E-state index contributed by atoms with van der Waals surface area (Å²) < 4.78 is 51.7. The van der Waals surface area contributed by atoms with Crippen molar-refractivity contribution in [2.75, 3.05) is 18.9 Å². The minimum absolute atomic E-state index is 0.0706. The predicted octanol–water partition coefficient (Wildman–Crippen LogP) is -1.21. The average molecular weight is 522 g/mol. The van der Waals surface area contributed by atoms with Crippen LogP contribution in [-0.4, -0.2) is 59.6 Å². The minimum atomic E-state index is -5.68. The van der Waals surface area contributed by atoms with Crippen LogP contribution < -0.4 is 17.2 Å². The molecule has 1 saturated heterocycles. The van der Waals surface area contributed by atoms with E-state index in [1.807, 2.05) is 0 Å². The van der Waals surface area contributed by atoms with Gasteiger partial charge < -0.3 is 40.9 Å². The molecule has 0 saturated carbocycles. The Bertz CT molecular complexity index is 1060. The number of aliphatic hydroxyl groups excluding tert-OH is 1. The smallest absolute Gasteiger partial charge is 0.390 e. The number of hydrogen-bond donors (Lipinski definition) is 7. The topological polar surface area (TPSA) is 276 Å². The highest BCUT2D eigenvalue weighted by atomic mass is 31.3. The summed E-state index contributed by atoms with van der Waals surface area (Å²) >= 11 is 0. The molecule has 1 aromatic heterocycles. The second-order valence-electron chi connectivity index (χ2n) is 6.23. The maximum atomic E-state index is 12.1. The summed E-state index contributed by atoms with van der Waals surface area (Å²) in [6.45, 7) is -0.682. The van der Waals surface area contributed by atoms with Crippen LogP contribution in [0.15, 0.2) is 17.1 Å². The summed E-state index contributed by atoms with van der Waals surface area (Å²) in [6.07, 6.45) is 0.492. The van der Waals surface area contributed by atoms with Crippen molar-refractivity contribution >= 4 is 35.4 Å². The lowest BCUT2D eigenvalue weighted by Gasteiger charge is -2.19. The molecule has 0 radical (unpaired) electrons. The van der Waals surface area contributed by atoms with Crippen LogP contribution in [0.25, 0.3) is 6.08 Å². The summed E-state index contributed by atoms with van der Waals surface area (Å²) in [6, 6.07) is 0. The Balaban J connectivity index is 2.07. The fourth-order valence-electron chi connectivity index (χ4n) is 2.53. The molecule has 0 bridgehead atoms. The van der Waals surface area contributed by atoms with E-state index >= 15 is 0 Å². The van der Waals surface area contributed by atoms with Gasteiger partial charge in [-0.1, -0.05) is 12.2 Å². The molecule has 1 fully saturated rings. The highest BCUT2D eigenvalue weighted by Gasteiger charge is 2.43. The molecule has 2 heterocycles. The van der Waals surface area contributed by atoms with Crippen molar-refractivity contribution in [3.8, 4) is 0 Å². The van der Waals surface area contributed by atoms with Gasteiger partial charge in [-0.3, -0.25) is 9.09 Å². The quantitative estimate of drug-likeness (QED) is 0.177. The molecule has 32 heavy (non-hydrogen) atoms. The molecule has 0 amide bonds. The summed E-state index contributed by atoms with van der Waals surface area (Å²) in [4.78, 5) is 51.4. The van der Waals surface area contributed by atoms with E-state index in [0.717, 1.165) is 4.57 Å². The number of nitrogens with two attached hydrogens (primary N) is 2. The van der Waals surface area contributed by atoms with Crippen molar-refractivity contribution in [1.29, 1.82) is 0 Å². The van der Waals surface area contributed by atoms with Crippen molar-refractivity contribution < 1.29 is 56.3 Å². The molecule has 0 aromatic carbocycles. The number of rotatable bonds is 10. The monoisotopic (exact) mass is 522 g/mol. The van der Waals surface area contributed by atoms with E-state index in [4.69, 9.17) is 30.9 Å². The summed E-state index contributed by atoms with van der Waals surface area (Å²) in [5, 5.41) is 10.1. The van der Waals surface area contributed by atoms with Gasteiger partial charge in [-0.2, -0.15) is 13.6 Å². The van der Waals surface area contributed by atoms with E-state index in [1.165, 1.54) is 12.3 Å². The van der Waals surface area contributed by atoms with Crippen LogP contribution in [0.1, 0.15) is 18.2 Å². The summed E-state index contributed by atoms with van der Waals surface area (Å²) in [5.74, 6) is -0.0706. The van der Waals surface area contributed by atoms with Crippen molar-refractivity contribution in [1.82, 2.24) is 9.55 Å². The average Bonchev–Trinajstić information content (AvgIpc) is 2.97. The van der Waals surface area contributed by atoms with Crippen LogP contribution in [0, 0.1) is 0 Å². The lowest BCUT2D eigenvalue weighted by atomic mass is 10.2. The Morgan fingerprint density at radius 1 is 1.22 bits per heavy atom. The first-order chi connectivity index (χ1) is 14.6. The molecular weight excluding hydrogens is 501 g/mol. The molecule has 9 N–H and O–H groups in total. The molecule has 0 aliphatic carbocycles. The number of nitrogen functional groups attached to an aromatic ring is 1. The van der Waals surface area contributed by atoms with Crippen LogP contribution >= 0.6 is 23.5 Å². The van der Waals surface area contributed by atoms with Gasteiger partial charge in [0.1, 0.15) is 18.1 Å². The Labute approximate surface area is 179 Å². The molecule has 5 unspecified atom stereocenters. The largest absolute Gasteiger partial charge is 0.490 e. The summed E-state index contributed by atoms with van der Waals surface area (Å²) in [5.41, 5.74) is 10.6. The normalized spacial score (nSPS) is 25.6. The molecule has 0 spiro atoms. The fourth-order valence-corrected chi connectivity index (χ4v) is 5.56. The van der Waals surface area contributed by atoms with Crippen LogP contribution in [0.2, 0.25) is 0 Å². The van der Waals surface area contributed by atoms with E-state index in [1.54, 1.807) is 6.08 Å². The van der Waals surface area contributed by atoms with Crippen LogP contribution in [0.4, 0.5) is 5.82 Å². The van der Waals surface area contributed by atoms with Crippen LogP contribution in [-0.2, 0) is 31.6 Å². The van der Waals surface area contributed by atoms with E-state index < -0.39 is 54.2 Å². The van der Waals surface area contributed by atoms with Crippen LogP contribution in [0.5, 0.6) is 0 Å². The van der Waals surface area contributed by atoms with Crippen molar-refractivity contribution in [2.24, 2.45) is 5.73 Å². The Hall–Kier alpha value is -1.29. The zero-order valence-electron chi connectivity index (χ0n) is 16.0. The Kier molecular flexibility index (Phi) is 8.70. The third-order valence-corrected chi connectivity index (χ3v) is 7.58. The molecule has 1 aliphatic rings. The predicted molar refractivity (Wildman–Crippen MR) is 105 cm³/mol. The Morgan fingerprint density at radius 3 is 2.47 bits per heavy atom. The number of aromatic nitrogens is 2. The van der Waals surface area contributed by atoms with Gasteiger partial charge in [0.25, 0.3) is 0 Å². The molecule has 1 aliphatic heterocycles. The lowest BCUT2D eigenvalue weighted by molar-refractivity contribution is -0.0449. The fraction of sp³-hybridized carbons (Fsp3) is 0.500. The standard InChI is InChI=1S/C12H21N4O13P3/c13-3-1-2-7-5-16(12(18)15-11(7)14)10-4-8(17)9(27-10)6-26-31(22,23)29-32(24,25)28-30(19,20)21/h1-2,5,8-10,17H,3-4,6,13H2,(H,22,23)(H,24,25)(H2,14,15,18)(H2,19,20,21). The molecule has 182 valence electrons. The number of ether oxygens (including phenoxy) is 1. The highest BCUT2D eigenvalue weighted by molar-refractivity contribution is 7.66. The number of aliphatic hydroxyl groups is 1. The first kappa shape index (κ1) is 27.0.